The van der Waals surface area contributed by atoms with Crippen LogP contribution in [0.5, 0.6) is 0 Å². The average molecular weight is 447 g/mol. The first kappa shape index (κ1) is 31.3. The highest BCUT2D eigenvalue weighted by molar-refractivity contribution is 6.03. The van der Waals surface area contributed by atoms with E-state index in [1.807, 2.05) is 34.7 Å². The maximum Gasteiger partial charge on any atom is 0.317 e. The molecule has 2 heterocycles. The standard InChI is InChI=1S/C10H18N2O2.C7H10O3.C4H12N2.H2O/c1-7(2)8-6-9(13)12(10(8)14)5-4-11-3;1-4(2)5-3-6(8)10-7(5)9;1-2-6-4-3-5;/h7-8,11H,4-6H2,1-3H3;4-5H,3H2,1-2H3;6H,2-5H2,1H3;1H2. The highest BCUT2D eigenvalue weighted by atomic mass is 16.6. The molecule has 2 rings (SSSR count). The molecule has 2 fully saturated rings. The minimum absolute atomic E-state index is 0. The second-order valence-electron chi connectivity index (χ2n) is 8.03. The Hall–Kier alpha value is -1.88. The van der Waals surface area contributed by atoms with E-state index in [-0.39, 0.29) is 59.3 Å². The molecule has 182 valence electrons. The lowest BCUT2D eigenvalue weighted by Crippen LogP contribution is -2.36. The van der Waals surface area contributed by atoms with Gasteiger partial charge >= 0.3 is 11.9 Å². The number of nitrogens with zero attached hydrogens (tertiary/aromatic N) is 1. The first-order valence-corrected chi connectivity index (χ1v) is 10.7. The fourth-order valence-corrected chi connectivity index (χ4v) is 2.97. The zero-order valence-corrected chi connectivity index (χ0v) is 19.8. The van der Waals surface area contributed by atoms with Gasteiger partial charge in [-0.3, -0.25) is 24.1 Å². The Morgan fingerprint density at radius 3 is 1.90 bits per heavy atom. The summed E-state index contributed by atoms with van der Waals surface area (Å²) in [4.78, 5) is 45.9. The van der Waals surface area contributed by atoms with Crippen LogP contribution in [0.2, 0.25) is 0 Å². The Morgan fingerprint density at radius 1 is 1.03 bits per heavy atom. The minimum Gasteiger partial charge on any atom is -0.412 e. The first-order valence-electron chi connectivity index (χ1n) is 10.7. The van der Waals surface area contributed by atoms with Crippen LogP contribution in [0.25, 0.3) is 0 Å². The number of likely N-dealkylation sites (N-methyl/N-ethyl adjacent to an activating group) is 2. The summed E-state index contributed by atoms with van der Waals surface area (Å²) in [6, 6.07) is 0. The van der Waals surface area contributed by atoms with Gasteiger partial charge in [-0.1, -0.05) is 34.6 Å². The summed E-state index contributed by atoms with van der Waals surface area (Å²) in [6.07, 6.45) is 0.650. The number of cyclic esters (lactones) is 2. The van der Waals surface area contributed by atoms with E-state index in [1.165, 1.54) is 4.90 Å². The van der Waals surface area contributed by atoms with Crippen LogP contribution in [0.3, 0.4) is 0 Å². The summed E-state index contributed by atoms with van der Waals surface area (Å²) >= 11 is 0. The van der Waals surface area contributed by atoms with Gasteiger partial charge in [0.25, 0.3) is 0 Å². The van der Waals surface area contributed by atoms with Gasteiger partial charge < -0.3 is 26.6 Å². The smallest absolute Gasteiger partial charge is 0.317 e. The Kier molecular flexibility index (Phi) is 16.9. The van der Waals surface area contributed by atoms with Crippen LogP contribution in [0.4, 0.5) is 0 Å². The van der Waals surface area contributed by atoms with E-state index in [9.17, 15) is 19.2 Å². The summed E-state index contributed by atoms with van der Waals surface area (Å²) in [5, 5.41) is 6.01. The van der Waals surface area contributed by atoms with E-state index in [1.54, 1.807) is 0 Å². The van der Waals surface area contributed by atoms with Crippen LogP contribution >= 0.6 is 0 Å². The van der Waals surface area contributed by atoms with Crippen molar-refractivity contribution in [1.82, 2.24) is 15.5 Å². The molecule has 0 aromatic rings. The quantitative estimate of drug-likeness (QED) is 0.198. The van der Waals surface area contributed by atoms with Crippen LogP contribution < -0.4 is 16.4 Å². The highest BCUT2D eigenvalue weighted by Gasteiger charge is 2.39. The lowest BCUT2D eigenvalue weighted by Gasteiger charge is -2.15. The van der Waals surface area contributed by atoms with Crippen molar-refractivity contribution in [3.05, 3.63) is 0 Å². The van der Waals surface area contributed by atoms with Crippen molar-refractivity contribution in [3.63, 3.8) is 0 Å². The number of likely N-dealkylation sites (tertiary alicyclic amines) is 1. The predicted molar refractivity (Wildman–Crippen MR) is 119 cm³/mol. The van der Waals surface area contributed by atoms with Gasteiger partial charge in [-0.25, -0.2) is 0 Å². The van der Waals surface area contributed by atoms with Gasteiger partial charge in [0.05, 0.1) is 12.3 Å². The Morgan fingerprint density at radius 2 is 1.61 bits per heavy atom. The summed E-state index contributed by atoms with van der Waals surface area (Å²) in [7, 11) is 1.81. The number of imide groups is 1. The molecule has 2 unspecified atom stereocenters. The van der Waals surface area contributed by atoms with Gasteiger partial charge in [0.15, 0.2) is 0 Å². The van der Waals surface area contributed by atoms with Gasteiger partial charge in [-0.2, -0.15) is 0 Å². The molecular formula is C21H42N4O6. The molecule has 31 heavy (non-hydrogen) atoms. The number of carbonyl (C=O) groups is 4. The fourth-order valence-electron chi connectivity index (χ4n) is 2.97. The van der Waals surface area contributed by atoms with Crippen molar-refractivity contribution in [1.29, 1.82) is 0 Å². The molecule has 6 N–H and O–H groups in total. The maximum atomic E-state index is 11.7. The van der Waals surface area contributed by atoms with E-state index in [2.05, 4.69) is 22.3 Å². The van der Waals surface area contributed by atoms with Gasteiger partial charge in [-0.05, 0) is 25.4 Å². The number of carbonyl (C=O) groups excluding carboxylic acids is 4. The molecule has 2 amide bonds. The fraction of sp³-hybridized carbons (Fsp3) is 0.810. The number of ether oxygens (including phenoxy) is 1. The summed E-state index contributed by atoms with van der Waals surface area (Å²) in [5.74, 6) is -0.607. The molecular weight excluding hydrogens is 404 g/mol. The summed E-state index contributed by atoms with van der Waals surface area (Å²) in [6.45, 7) is 13.7. The van der Waals surface area contributed by atoms with Gasteiger partial charge in [0.1, 0.15) is 0 Å². The van der Waals surface area contributed by atoms with Gasteiger partial charge in [0.2, 0.25) is 11.8 Å². The van der Waals surface area contributed by atoms with Crippen LogP contribution in [0, 0.1) is 23.7 Å². The predicted octanol–water partition coefficient (Wildman–Crippen LogP) is -0.301. The van der Waals surface area contributed by atoms with Crippen LogP contribution in [-0.4, -0.2) is 73.9 Å². The number of rotatable bonds is 8. The average Bonchev–Trinajstić information content (AvgIpc) is 3.17. The van der Waals surface area contributed by atoms with E-state index in [0.29, 0.717) is 19.5 Å². The van der Waals surface area contributed by atoms with E-state index < -0.39 is 0 Å². The van der Waals surface area contributed by atoms with Gasteiger partial charge in [-0.15, -0.1) is 0 Å². The third-order valence-corrected chi connectivity index (χ3v) is 4.95. The monoisotopic (exact) mass is 446 g/mol. The van der Waals surface area contributed by atoms with E-state index >= 15 is 0 Å². The Bertz CT molecular complexity index is 564. The zero-order valence-electron chi connectivity index (χ0n) is 19.8. The lowest BCUT2D eigenvalue weighted by molar-refractivity contribution is -0.153. The molecule has 0 radical (unpaired) electrons. The molecule has 2 aliphatic heterocycles. The number of amides is 2. The highest BCUT2D eigenvalue weighted by Crippen LogP contribution is 2.25. The lowest BCUT2D eigenvalue weighted by atomic mass is 9.94. The van der Waals surface area contributed by atoms with Gasteiger partial charge in [0, 0.05) is 38.5 Å². The number of hydrogen-bond acceptors (Lipinski definition) is 8. The molecule has 10 nitrogen and oxygen atoms in total. The van der Waals surface area contributed by atoms with E-state index in [4.69, 9.17) is 5.73 Å². The third kappa shape index (κ3) is 11.3. The van der Waals surface area contributed by atoms with Crippen molar-refractivity contribution < 1.29 is 29.4 Å². The van der Waals surface area contributed by atoms with Crippen molar-refractivity contribution in [2.45, 2.75) is 47.5 Å². The van der Waals surface area contributed by atoms with Crippen LogP contribution in [0.15, 0.2) is 0 Å². The largest absolute Gasteiger partial charge is 0.412 e. The summed E-state index contributed by atoms with van der Waals surface area (Å²) < 4.78 is 4.36. The zero-order chi connectivity index (χ0) is 23.3. The molecule has 2 atom stereocenters. The molecule has 0 aromatic heterocycles. The Labute approximate surface area is 185 Å². The topological polar surface area (TPSA) is 162 Å². The normalized spacial score (nSPS) is 20.2. The molecule has 2 saturated heterocycles. The molecule has 0 spiro atoms. The molecule has 0 saturated carbocycles. The minimum atomic E-state index is -0.385. The second kappa shape index (κ2) is 16.8. The molecule has 2 aliphatic rings. The van der Waals surface area contributed by atoms with Crippen LogP contribution in [-0.2, 0) is 23.9 Å². The molecule has 0 bridgehead atoms. The van der Waals surface area contributed by atoms with Crippen molar-refractivity contribution >= 4 is 23.8 Å². The van der Waals surface area contributed by atoms with E-state index in [0.717, 1.165) is 19.6 Å². The number of esters is 2. The molecule has 10 heteroatoms. The molecule has 0 aliphatic carbocycles. The Balaban J connectivity index is 0. The van der Waals surface area contributed by atoms with Crippen molar-refractivity contribution in [2.24, 2.45) is 29.4 Å². The first-order chi connectivity index (χ1) is 14.1. The second-order valence-corrected chi connectivity index (χ2v) is 8.03. The number of hydrogen-bond donors (Lipinski definition) is 3. The molecule has 0 aromatic carbocycles. The van der Waals surface area contributed by atoms with Crippen LogP contribution in [0.1, 0.15) is 47.5 Å². The van der Waals surface area contributed by atoms with Crippen molar-refractivity contribution in [3.8, 4) is 0 Å². The number of nitrogens with one attached hydrogen (secondary N) is 2. The van der Waals surface area contributed by atoms with Crippen molar-refractivity contribution in [2.75, 3.05) is 39.8 Å². The third-order valence-electron chi connectivity index (χ3n) is 4.95. The summed E-state index contributed by atoms with van der Waals surface area (Å²) in [5.41, 5.74) is 5.15. The SMILES string of the molecule is CC(C)C1CC(=O)OC1=O.CCNCCN.CNCCN1C(=O)CC(C(C)C)C1=O.O. The number of nitrogens with two attached hydrogens (primary N) is 1. The maximum absolute atomic E-state index is 11.7.